The average molecular weight is 485 g/mol. The first-order valence-electron chi connectivity index (χ1n) is 13.2. The fourth-order valence-electron chi connectivity index (χ4n) is 6.03. The molecule has 2 nitrogen and oxygen atoms in total. The van der Waals surface area contributed by atoms with Gasteiger partial charge in [0.05, 0.1) is 13.2 Å². The van der Waals surface area contributed by atoms with Crippen molar-refractivity contribution in [2.24, 2.45) is 11.8 Å². The van der Waals surface area contributed by atoms with Crippen LogP contribution in [0.5, 0.6) is 5.75 Å². The molecule has 1 atom stereocenters. The molecule has 0 spiro atoms. The molecule has 0 aromatic heterocycles. The number of ether oxygens (including phenoxy) is 2. The fourth-order valence-corrected chi connectivity index (χ4v) is 6.03. The Kier molecular flexibility index (Phi) is 7.52. The summed E-state index contributed by atoms with van der Waals surface area (Å²) in [5.41, 5.74) is 2.17. The quantitative estimate of drug-likeness (QED) is 0.291. The SMILES string of the molecule is C/C=C/C1CCC(c2ccc(OCC3CCC(c4ccc(C5CO5)cc4F)CC3)c(F)c2F)CC1. The summed E-state index contributed by atoms with van der Waals surface area (Å²) in [6.07, 6.45) is 11.6. The Bertz CT molecular complexity index is 1050. The molecule has 0 bridgehead atoms. The largest absolute Gasteiger partial charge is 0.490 e. The number of benzene rings is 2. The number of hydrogen-bond acceptors (Lipinski definition) is 2. The van der Waals surface area contributed by atoms with Gasteiger partial charge in [0, 0.05) is 0 Å². The highest BCUT2D eigenvalue weighted by Crippen LogP contribution is 2.41. The molecular formula is C30H35F3O2. The van der Waals surface area contributed by atoms with Crippen LogP contribution in [0, 0.1) is 29.3 Å². The van der Waals surface area contributed by atoms with Gasteiger partial charge in [0.15, 0.2) is 11.6 Å². The van der Waals surface area contributed by atoms with E-state index in [4.69, 9.17) is 9.47 Å². The molecule has 3 fully saturated rings. The van der Waals surface area contributed by atoms with Crippen LogP contribution >= 0.6 is 0 Å². The Balaban J connectivity index is 1.13. The van der Waals surface area contributed by atoms with Crippen LogP contribution in [0.25, 0.3) is 0 Å². The summed E-state index contributed by atoms with van der Waals surface area (Å²) in [6, 6.07) is 8.79. The van der Waals surface area contributed by atoms with Gasteiger partial charge in [-0.15, -0.1) is 0 Å². The van der Waals surface area contributed by atoms with Gasteiger partial charge in [-0.2, -0.15) is 4.39 Å². The van der Waals surface area contributed by atoms with Crippen LogP contribution in [0.1, 0.15) is 92.9 Å². The number of allylic oxidation sites excluding steroid dienone is 2. The lowest BCUT2D eigenvalue weighted by molar-refractivity contribution is 0.191. The molecule has 5 rings (SSSR count). The van der Waals surface area contributed by atoms with Crippen LogP contribution in [0.15, 0.2) is 42.5 Å². The second-order valence-electron chi connectivity index (χ2n) is 10.5. The van der Waals surface area contributed by atoms with Crippen LogP contribution in [0.4, 0.5) is 13.2 Å². The summed E-state index contributed by atoms with van der Waals surface area (Å²) in [7, 11) is 0. The van der Waals surface area contributed by atoms with Gasteiger partial charge in [0.1, 0.15) is 11.9 Å². The zero-order valence-electron chi connectivity index (χ0n) is 20.4. The van der Waals surface area contributed by atoms with Crippen molar-refractivity contribution >= 4 is 0 Å². The maximum Gasteiger partial charge on any atom is 0.200 e. The second kappa shape index (κ2) is 10.8. The van der Waals surface area contributed by atoms with Crippen molar-refractivity contribution in [3.05, 3.63) is 76.6 Å². The van der Waals surface area contributed by atoms with Crippen molar-refractivity contribution in [1.29, 1.82) is 0 Å². The first kappa shape index (κ1) is 24.4. The van der Waals surface area contributed by atoms with Gasteiger partial charge in [-0.25, -0.2) is 8.78 Å². The predicted octanol–water partition coefficient (Wildman–Crippen LogP) is 8.38. The molecule has 2 saturated carbocycles. The fraction of sp³-hybridized carbons (Fsp3) is 0.533. The van der Waals surface area contributed by atoms with Crippen LogP contribution in [0.3, 0.4) is 0 Å². The highest BCUT2D eigenvalue weighted by molar-refractivity contribution is 5.34. The minimum atomic E-state index is -0.867. The zero-order valence-corrected chi connectivity index (χ0v) is 20.4. The summed E-state index contributed by atoms with van der Waals surface area (Å²) < 4.78 is 55.4. The first-order chi connectivity index (χ1) is 17.0. The van der Waals surface area contributed by atoms with Gasteiger partial charge in [-0.1, -0.05) is 30.4 Å². The standard InChI is InChI=1S/C30H35F3O2/c1-2-3-19-4-8-22(9-5-19)25-14-15-27(30(33)29(25)32)34-17-20-6-10-21(11-7-20)24-13-12-23(16-26(24)31)28-18-35-28/h2-3,12-16,19-22,28H,4-11,17-18H2,1H3/b3-2+. The van der Waals surface area contributed by atoms with Gasteiger partial charge < -0.3 is 9.47 Å². The zero-order chi connectivity index (χ0) is 24.4. The molecule has 1 saturated heterocycles. The van der Waals surface area contributed by atoms with Crippen LogP contribution in [0.2, 0.25) is 0 Å². The highest BCUT2D eigenvalue weighted by atomic mass is 19.2. The van der Waals surface area contributed by atoms with E-state index in [9.17, 15) is 13.2 Å². The lowest BCUT2D eigenvalue weighted by Crippen LogP contribution is -2.20. The van der Waals surface area contributed by atoms with Gasteiger partial charge >= 0.3 is 0 Å². The minimum absolute atomic E-state index is 0.0000890. The minimum Gasteiger partial charge on any atom is -0.490 e. The molecule has 35 heavy (non-hydrogen) atoms. The monoisotopic (exact) mass is 484 g/mol. The third-order valence-corrected chi connectivity index (χ3v) is 8.24. The van der Waals surface area contributed by atoms with E-state index in [0.717, 1.165) is 62.5 Å². The summed E-state index contributed by atoms with van der Waals surface area (Å²) in [5.74, 6) is -0.693. The molecule has 0 N–H and O–H groups in total. The molecule has 1 heterocycles. The lowest BCUT2D eigenvalue weighted by atomic mass is 9.78. The maximum atomic E-state index is 14.9. The Hall–Kier alpha value is -2.27. The lowest BCUT2D eigenvalue weighted by Gasteiger charge is -2.29. The smallest absolute Gasteiger partial charge is 0.200 e. The van der Waals surface area contributed by atoms with Gasteiger partial charge in [0.2, 0.25) is 5.82 Å². The average Bonchev–Trinajstić information content (AvgIpc) is 3.72. The van der Waals surface area contributed by atoms with Crippen molar-refractivity contribution in [3.8, 4) is 5.75 Å². The summed E-state index contributed by atoms with van der Waals surface area (Å²) in [5, 5.41) is 0. The maximum absolute atomic E-state index is 14.9. The van der Waals surface area contributed by atoms with Gasteiger partial charge in [-0.3, -0.25) is 0 Å². The van der Waals surface area contributed by atoms with E-state index >= 15 is 0 Å². The van der Waals surface area contributed by atoms with Crippen molar-refractivity contribution in [1.82, 2.24) is 0 Å². The van der Waals surface area contributed by atoms with Crippen molar-refractivity contribution < 1.29 is 22.6 Å². The van der Waals surface area contributed by atoms with E-state index in [1.54, 1.807) is 18.2 Å². The molecule has 2 aromatic carbocycles. The number of epoxide rings is 1. The van der Waals surface area contributed by atoms with E-state index in [1.807, 2.05) is 19.1 Å². The number of halogens is 3. The third-order valence-electron chi connectivity index (χ3n) is 8.24. The van der Waals surface area contributed by atoms with E-state index in [1.165, 1.54) is 0 Å². The highest BCUT2D eigenvalue weighted by Gasteiger charge is 2.29. The van der Waals surface area contributed by atoms with Crippen LogP contribution in [-0.4, -0.2) is 13.2 Å². The summed E-state index contributed by atoms with van der Waals surface area (Å²) in [4.78, 5) is 0. The van der Waals surface area contributed by atoms with Crippen LogP contribution in [-0.2, 0) is 4.74 Å². The van der Waals surface area contributed by atoms with Crippen LogP contribution < -0.4 is 4.74 Å². The van der Waals surface area contributed by atoms with Crippen molar-refractivity contribution in [3.63, 3.8) is 0 Å². The van der Waals surface area contributed by atoms with Gasteiger partial charge in [-0.05, 0) is 111 Å². The number of rotatable bonds is 7. The summed E-state index contributed by atoms with van der Waals surface area (Å²) >= 11 is 0. The Morgan fingerprint density at radius 3 is 2.17 bits per heavy atom. The molecule has 2 aromatic rings. The Morgan fingerprint density at radius 2 is 1.51 bits per heavy atom. The number of hydrogen-bond donors (Lipinski definition) is 0. The van der Waals surface area contributed by atoms with Crippen molar-refractivity contribution in [2.75, 3.05) is 13.2 Å². The Morgan fingerprint density at radius 1 is 0.857 bits per heavy atom. The predicted molar refractivity (Wildman–Crippen MR) is 131 cm³/mol. The molecule has 3 aliphatic rings. The third kappa shape index (κ3) is 5.61. The molecule has 1 unspecified atom stereocenters. The summed E-state index contributed by atoms with van der Waals surface area (Å²) in [6.45, 7) is 3.06. The molecule has 1 aliphatic heterocycles. The molecule has 188 valence electrons. The van der Waals surface area contributed by atoms with Crippen molar-refractivity contribution in [2.45, 2.75) is 76.2 Å². The normalized spacial score (nSPS) is 28.9. The molecule has 5 heteroatoms. The Labute approximate surface area is 206 Å². The topological polar surface area (TPSA) is 21.8 Å². The van der Waals surface area contributed by atoms with E-state index in [0.29, 0.717) is 24.7 Å². The van der Waals surface area contributed by atoms with E-state index < -0.39 is 11.6 Å². The van der Waals surface area contributed by atoms with Gasteiger partial charge in [0.25, 0.3) is 0 Å². The molecule has 0 amide bonds. The van der Waals surface area contributed by atoms with E-state index in [-0.39, 0.29) is 35.4 Å². The first-order valence-corrected chi connectivity index (χ1v) is 13.2. The second-order valence-corrected chi connectivity index (χ2v) is 10.5. The molecule has 2 aliphatic carbocycles. The molecular weight excluding hydrogens is 449 g/mol. The van der Waals surface area contributed by atoms with E-state index in [2.05, 4.69) is 12.2 Å². The molecule has 0 radical (unpaired) electrons.